The van der Waals surface area contributed by atoms with E-state index in [4.69, 9.17) is 18.9 Å². The lowest BCUT2D eigenvalue weighted by Gasteiger charge is -2.20. The van der Waals surface area contributed by atoms with Gasteiger partial charge in [-0.3, -0.25) is 4.79 Å². The van der Waals surface area contributed by atoms with Gasteiger partial charge in [0.25, 0.3) is 5.91 Å². The van der Waals surface area contributed by atoms with Crippen LogP contribution in [0.5, 0.6) is 5.75 Å². The molecule has 4 aromatic rings. The van der Waals surface area contributed by atoms with Gasteiger partial charge in [0.05, 0.1) is 13.7 Å². The number of ether oxygens (including phenoxy) is 4. The number of halogens is 1. The van der Waals surface area contributed by atoms with E-state index in [9.17, 15) is 19.2 Å². The Hall–Kier alpha value is -4.15. The number of hydrogen-bond donors (Lipinski definition) is 2. The van der Waals surface area contributed by atoms with Gasteiger partial charge in [-0.2, -0.15) is 0 Å². The molecule has 0 saturated heterocycles. The second-order valence-electron chi connectivity index (χ2n) is 12.3. The predicted octanol–water partition coefficient (Wildman–Crippen LogP) is 8.02. The van der Waals surface area contributed by atoms with Gasteiger partial charge in [-0.05, 0) is 107 Å². The molecule has 2 aromatic heterocycles. The Labute approximate surface area is 310 Å². The van der Waals surface area contributed by atoms with Crippen LogP contribution in [-0.4, -0.2) is 60.6 Å². The molecule has 1 aliphatic heterocycles. The molecule has 0 atom stereocenters. The van der Waals surface area contributed by atoms with Gasteiger partial charge in [0, 0.05) is 51.5 Å². The Morgan fingerprint density at radius 3 is 2.54 bits per heavy atom. The molecule has 0 unspecified atom stereocenters. The number of methoxy groups -OCH3 is 1. The van der Waals surface area contributed by atoms with Crippen molar-refractivity contribution in [3.8, 4) is 27.3 Å². The first kappa shape index (κ1) is 37.1. The molecule has 262 valence electrons. The number of esters is 2. The molecule has 2 N–H and O–H groups in total. The molecule has 50 heavy (non-hydrogen) atoms. The summed E-state index contributed by atoms with van der Waals surface area (Å²) in [7, 11) is 2.72. The van der Waals surface area contributed by atoms with Crippen LogP contribution in [0.15, 0.2) is 53.9 Å². The number of hydrogen-bond acceptors (Lipinski definition) is 11. The maximum atomic E-state index is 14.3. The number of carbonyl (C=O) groups is 4. The fourth-order valence-corrected chi connectivity index (χ4v) is 6.93. The highest BCUT2D eigenvalue weighted by molar-refractivity contribution is 14.2. The number of fused-ring (bicyclic) bond motifs is 3. The number of aryl methyl sites for hydroxylation is 1. The van der Waals surface area contributed by atoms with E-state index in [1.807, 2.05) is 24.4 Å². The quantitative estimate of drug-likeness (QED) is 0.0699. The molecule has 0 radical (unpaired) electrons. The first-order valence-corrected chi connectivity index (χ1v) is 20.0. The summed E-state index contributed by atoms with van der Waals surface area (Å²) in [6.07, 6.45) is 0.169. The molecule has 0 fully saturated rings. The Morgan fingerprint density at radius 1 is 1.02 bits per heavy atom. The summed E-state index contributed by atoms with van der Waals surface area (Å²) in [5.74, 6) is -0.763. The number of pyridine rings is 1. The van der Waals surface area contributed by atoms with Gasteiger partial charge in [-0.15, -0.1) is 11.3 Å². The molecule has 14 heteroatoms. The third kappa shape index (κ3) is 8.95. The van der Waals surface area contributed by atoms with Crippen molar-refractivity contribution in [3.63, 3.8) is 0 Å². The number of aromatic nitrogens is 1. The topological polar surface area (TPSA) is 142 Å². The van der Waals surface area contributed by atoms with Crippen LogP contribution in [-0.2, 0) is 27.2 Å². The van der Waals surface area contributed by atoms with Crippen molar-refractivity contribution in [2.75, 3.05) is 31.4 Å². The molecular weight excluding hydrogens is 793 g/mol. The molecule has 1 aliphatic rings. The van der Waals surface area contributed by atoms with E-state index in [-0.39, 0.29) is 35.7 Å². The van der Waals surface area contributed by atoms with Gasteiger partial charge >= 0.3 is 18.0 Å². The zero-order valence-corrected chi connectivity index (χ0v) is 31.9. The number of nitrogens with one attached hydrogen (secondary N) is 2. The molecule has 2 aromatic carbocycles. The number of carbonyl (C=O) groups excluding carboxylic acids is 4. The lowest BCUT2D eigenvalue weighted by molar-refractivity contribution is 0.0511. The SMILES string of the molecule is COC(=O)c1nc(C(=O)OCCSI)ccc1-c1cc2c(cc1C(=O)Nc1ccc(CNC(=O)OC(C)(C)C)cc1C)-c1sccc1CCO2. The minimum absolute atomic E-state index is 0.0651. The largest absolute Gasteiger partial charge is 0.493 e. The molecule has 0 spiro atoms. The van der Waals surface area contributed by atoms with E-state index in [0.717, 1.165) is 27.1 Å². The minimum Gasteiger partial charge on any atom is -0.493 e. The molecular formula is C36H36IN3O8S2. The van der Waals surface area contributed by atoms with Gasteiger partial charge in [-0.1, -0.05) is 21.1 Å². The summed E-state index contributed by atoms with van der Waals surface area (Å²) in [5.41, 5.74) is 4.08. The lowest BCUT2D eigenvalue weighted by Crippen LogP contribution is -2.32. The summed E-state index contributed by atoms with van der Waals surface area (Å²) >= 11 is 3.67. The summed E-state index contributed by atoms with van der Waals surface area (Å²) in [5, 5.41) is 7.77. The Balaban J connectivity index is 1.53. The standard InChI is InChI=1S/C36H36IN3O8S2/c1-20-16-21(19-38-35(44)48-36(2,3)4)6-8-27(20)40-32(41)25-17-26-29(46-12-10-22-11-14-49-31(22)26)18-24(25)23-7-9-28(33(42)47-13-15-50-37)39-30(23)34(43)45-5/h6-9,11,14,16-18H,10,12-13,15,19H2,1-5H3,(H,38,44)(H,40,41). The van der Waals surface area contributed by atoms with Crippen molar-refractivity contribution >= 4 is 71.1 Å². The second-order valence-corrected chi connectivity index (χ2v) is 15.7. The maximum Gasteiger partial charge on any atom is 0.407 e. The third-order valence-electron chi connectivity index (χ3n) is 7.53. The van der Waals surface area contributed by atoms with Crippen molar-refractivity contribution in [1.29, 1.82) is 0 Å². The molecule has 2 amide bonds. The van der Waals surface area contributed by atoms with Crippen molar-refractivity contribution in [3.05, 3.63) is 87.6 Å². The van der Waals surface area contributed by atoms with Gasteiger partial charge in [0.2, 0.25) is 0 Å². The second kappa shape index (κ2) is 16.2. The Morgan fingerprint density at radius 2 is 1.82 bits per heavy atom. The summed E-state index contributed by atoms with van der Waals surface area (Å²) in [6, 6.07) is 14.0. The molecule has 0 saturated carbocycles. The van der Waals surface area contributed by atoms with E-state index in [1.165, 1.54) is 22.1 Å². The minimum atomic E-state index is -0.786. The first-order valence-electron chi connectivity index (χ1n) is 15.6. The van der Waals surface area contributed by atoms with Gasteiger partial charge in [0.1, 0.15) is 23.7 Å². The number of alkyl carbamates (subject to hydrolysis) is 1. The molecule has 11 nitrogen and oxygen atoms in total. The molecule has 0 aliphatic carbocycles. The highest BCUT2D eigenvalue weighted by Crippen LogP contribution is 2.43. The van der Waals surface area contributed by atoms with E-state index in [2.05, 4.69) is 36.8 Å². The van der Waals surface area contributed by atoms with Crippen LogP contribution in [0.4, 0.5) is 10.5 Å². The first-order chi connectivity index (χ1) is 23.9. The lowest BCUT2D eigenvalue weighted by atomic mass is 9.93. The number of thiophene rings is 1. The fourth-order valence-electron chi connectivity index (χ4n) is 5.26. The number of anilines is 1. The van der Waals surface area contributed by atoms with Crippen LogP contribution < -0.4 is 15.4 Å². The Bertz CT molecular complexity index is 1940. The summed E-state index contributed by atoms with van der Waals surface area (Å²) < 4.78 is 21.9. The van der Waals surface area contributed by atoms with E-state index in [0.29, 0.717) is 35.8 Å². The van der Waals surface area contributed by atoms with E-state index < -0.39 is 29.5 Å². The zero-order chi connectivity index (χ0) is 36.0. The monoisotopic (exact) mass is 829 g/mol. The number of benzene rings is 2. The smallest absolute Gasteiger partial charge is 0.407 e. The van der Waals surface area contributed by atoms with Crippen LogP contribution in [0.2, 0.25) is 0 Å². The van der Waals surface area contributed by atoms with E-state index >= 15 is 0 Å². The fraction of sp³-hybridized carbons (Fsp3) is 0.306. The highest BCUT2D eigenvalue weighted by Gasteiger charge is 2.27. The van der Waals surface area contributed by atoms with Gasteiger partial charge in [0.15, 0.2) is 5.69 Å². The van der Waals surface area contributed by atoms with Crippen LogP contribution >= 0.6 is 41.5 Å². The van der Waals surface area contributed by atoms with Crippen LogP contribution in [0.25, 0.3) is 21.6 Å². The maximum absolute atomic E-state index is 14.3. The van der Waals surface area contributed by atoms with Gasteiger partial charge in [-0.25, -0.2) is 19.4 Å². The summed E-state index contributed by atoms with van der Waals surface area (Å²) in [6.45, 7) is 8.09. The number of rotatable bonds is 10. The van der Waals surface area contributed by atoms with Crippen molar-refractivity contribution < 1.29 is 38.1 Å². The third-order valence-corrected chi connectivity index (χ3v) is 10.2. The van der Waals surface area contributed by atoms with Crippen LogP contribution in [0, 0.1) is 6.92 Å². The van der Waals surface area contributed by atoms with Crippen molar-refractivity contribution in [2.24, 2.45) is 0 Å². The molecule has 0 bridgehead atoms. The normalized spacial score (nSPS) is 12.0. The average Bonchev–Trinajstić information content (AvgIpc) is 3.48. The summed E-state index contributed by atoms with van der Waals surface area (Å²) in [4.78, 5) is 57.6. The van der Waals surface area contributed by atoms with Gasteiger partial charge < -0.3 is 29.6 Å². The zero-order valence-electron chi connectivity index (χ0n) is 28.1. The Kier molecular flexibility index (Phi) is 12.1. The number of nitrogens with zero attached hydrogens (tertiary/aromatic N) is 1. The number of amides is 2. The van der Waals surface area contributed by atoms with E-state index in [1.54, 1.807) is 62.4 Å². The van der Waals surface area contributed by atoms with Crippen LogP contribution in [0.1, 0.15) is 68.8 Å². The molecule has 5 rings (SSSR count). The predicted molar refractivity (Wildman–Crippen MR) is 202 cm³/mol. The highest BCUT2D eigenvalue weighted by atomic mass is 127. The molecule has 3 heterocycles. The van der Waals surface area contributed by atoms with Crippen molar-refractivity contribution in [2.45, 2.75) is 46.3 Å². The van der Waals surface area contributed by atoms with Crippen LogP contribution in [0.3, 0.4) is 0 Å². The average molecular weight is 830 g/mol. The van der Waals surface area contributed by atoms with Crippen molar-refractivity contribution in [1.82, 2.24) is 10.3 Å².